The Bertz CT molecular complexity index is 1080. The highest BCUT2D eigenvalue weighted by atomic mass is 16.5. The maximum Gasteiger partial charge on any atom is 0.344 e. The van der Waals surface area contributed by atoms with E-state index >= 15 is 0 Å². The van der Waals surface area contributed by atoms with Crippen molar-refractivity contribution in [1.82, 2.24) is 0 Å². The highest BCUT2D eigenvalue weighted by Gasteiger charge is 2.21. The standard InChI is InChI=1S/C20H14O8/c1-11-7-13(9-17(21)25-11)27-19(23)15-5-3-4-6-16(15)20(24)28-14-8-12(2)26-18(22)10-14/h3-10H,1-2H3. The zero-order chi connectivity index (χ0) is 20.3. The van der Waals surface area contributed by atoms with Crippen LogP contribution in [0.15, 0.2) is 67.0 Å². The van der Waals surface area contributed by atoms with Gasteiger partial charge in [-0.05, 0) is 26.0 Å². The number of esters is 2. The Morgan fingerprint density at radius 3 is 1.46 bits per heavy atom. The molecule has 0 amide bonds. The lowest BCUT2D eigenvalue weighted by Crippen LogP contribution is -2.18. The Labute approximate surface area is 157 Å². The first-order chi connectivity index (χ1) is 13.3. The first-order valence-electron chi connectivity index (χ1n) is 8.09. The summed E-state index contributed by atoms with van der Waals surface area (Å²) in [5.74, 6) is -1.22. The molecule has 0 saturated heterocycles. The van der Waals surface area contributed by atoms with Crippen molar-refractivity contribution < 1.29 is 27.9 Å². The molecule has 1 aromatic carbocycles. The lowest BCUT2D eigenvalue weighted by Gasteiger charge is -2.09. The van der Waals surface area contributed by atoms with E-state index in [0.29, 0.717) is 0 Å². The van der Waals surface area contributed by atoms with E-state index in [2.05, 4.69) is 0 Å². The lowest BCUT2D eigenvalue weighted by molar-refractivity contribution is 0.0690. The Morgan fingerprint density at radius 1 is 0.714 bits per heavy atom. The molecule has 0 bridgehead atoms. The predicted octanol–water partition coefficient (Wildman–Crippen LogP) is 2.65. The number of carbonyl (C=O) groups is 2. The van der Waals surface area contributed by atoms with Crippen molar-refractivity contribution >= 4 is 11.9 Å². The number of hydrogen-bond donors (Lipinski definition) is 0. The molecule has 0 saturated carbocycles. The van der Waals surface area contributed by atoms with Gasteiger partial charge in [0.1, 0.15) is 23.0 Å². The van der Waals surface area contributed by atoms with Crippen molar-refractivity contribution in [1.29, 1.82) is 0 Å². The Hall–Kier alpha value is -3.94. The van der Waals surface area contributed by atoms with E-state index in [1.165, 1.54) is 38.1 Å². The van der Waals surface area contributed by atoms with E-state index in [4.69, 9.17) is 18.3 Å². The summed E-state index contributed by atoms with van der Waals surface area (Å²) in [7, 11) is 0. The zero-order valence-electron chi connectivity index (χ0n) is 14.9. The summed E-state index contributed by atoms with van der Waals surface area (Å²) in [6.45, 7) is 3.06. The van der Waals surface area contributed by atoms with Gasteiger partial charge >= 0.3 is 23.2 Å². The highest BCUT2D eigenvalue weighted by Crippen LogP contribution is 2.18. The van der Waals surface area contributed by atoms with Crippen LogP contribution in [0.3, 0.4) is 0 Å². The maximum absolute atomic E-state index is 12.5. The molecule has 0 fully saturated rings. The maximum atomic E-state index is 12.5. The molecule has 3 aromatic rings. The molecule has 8 nitrogen and oxygen atoms in total. The number of rotatable bonds is 4. The highest BCUT2D eigenvalue weighted by molar-refractivity contribution is 6.04. The summed E-state index contributed by atoms with van der Waals surface area (Å²) in [5.41, 5.74) is -1.49. The van der Waals surface area contributed by atoms with Gasteiger partial charge in [-0.2, -0.15) is 0 Å². The van der Waals surface area contributed by atoms with Crippen LogP contribution in [0, 0.1) is 13.8 Å². The quantitative estimate of drug-likeness (QED) is 0.633. The monoisotopic (exact) mass is 382 g/mol. The van der Waals surface area contributed by atoms with Gasteiger partial charge in [0.05, 0.1) is 23.3 Å². The number of ether oxygens (including phenoxy) is 2. The molecule has 142 valence electrons. The topological polar surface area (TPSA) is 113 Å². The molecule has 0 N–H and O–H groups in total. The molecule has 8 heteroatoms. The molecule has 0 spiro atoms. The van der Waals surface area contributed by atoms with Gasteiger partial charge < -0.3 is 18.3 Å². The fourth-order valence-corrected chi connectivity index (χ4v) is 2.43. The fraction of sp³-hybridized carbons (Fsp3) is 0.100. The fourth-order valence-electron chi connectivity index (χ4n) is 2.43. The van der Waals surface area contributed by atoms with E-state index in [1.807, 2.05) is 0 Å². The molecule has 3 rings (SSSR count). The van der Waals surface area contributed by atoms with Gasteiger partial charge in [0.2, 0.25) is 0 Å². The van der Waals surface area contributed by atoms with Gasteiger partial charge in [-0.15, -0.1) is 0 Å². The predicted molar refractivity (Wildman–Crippen MR) is 95.8 cm³/mol. The summed E-state index contributed by atoms with van der Waals surface area (Å²) in [6, 6.07) is 10.6. The molecule has 0 atom stereocenters. The SMILES string of the molecule is Cc1cc(OC(=O)c2ccccc2C(=O)Oc2cc(C)oc(=O)c2)cc(=O)o1. The molecule has 0 radical (unpaired) electrons. The lowest BCUT2D eigenvalue weighted by atomic mass is 10.1. The van der Waals surface area contributed by atoms with Gasteiger partial charge in [0, 0.05) is 12.1 Å². The Balaban J connectivity index is 1.87. The number of carbonyl (C=O) groups excluding carboxylic acids is 2. The molecule has 2 aromatic heterocycles. The van der Waals surface area contributed by atoms with Gasteiger partial charge in [-0.1, -0.05) is 12.1 Å². The Morgan fingerprint density at radius 2 is 1.11 bits per heavy atom. The number of benzene rings is 1. The molecule has 0 aliphatic rings. The second-order valence-electron chi connectivity index (χ2n) is 5.77. The van der Waals surface area contributed by atoms with E-state index in [9.17, 15) is 19.2 Å². The van der Waals surface area contributed by atoms with Gasteiger partial charge in [-0.3, -0.25) is 0 Å². The van der Waals surface area contributed by atoms with Gasteiger partial charge in [0.25, 0.3) is 0 Å². The Kier molecular flexibility index (Phi) is 5.21. The van der Waals surface area contributed by atoms with E-state index in [-0.39, 0.29) is 34.1 Å². The van der Waals surface area contributed by atoms with Crippen LogP contribution in [-0.2, 0) is 0 Å². The first kappa shape index (κ1) is 18.8. The molecular weight excluding hydrogens is 368 g/mol. The van der Waals surface area contributed by atoms with Gasteiger partial charge in [0.15, 0.2) is 0 Å². The van der Waals surface area contributed by atoms with Crippen molar-refractivity contribution in [3.63, 3.8) is 0 Å². The minimum atomic E-state index is -0.860. The van der Waals surface area contributed by atoms with Crippen LogP contribution < -0.4 is 20.7 Å². The molecule has 0 aliphatic carbocycles. The second-order valence-corrected chi connectivity index (χ2v) is 5.77. The molecule has 0 aliphatic heterocycles. The number of hydrogen-bond acceptors (Lipinski definition) is 8. The van der Waals surface area contributed by atoms with Crippen LogP contribution in [0.4, 0.5) is 0 Å². The van der Waals surface area contributed by atoms with Crippen LogP contribution >= 0.6 is 0 Å². The minimum Gasteiger partial charge on any atom is -0.428 e. The summed E-state index contributed by atoms with van der Waals surface area (Å²) in [6.07, 6.45) is 0. The third-order valence-corrected chi connectivity index (χ3v) is 3.52. The third kappa shape index (κ3) is 4.42. The third-order valence-electron chi connectivity index (χ3n) is 3.52. The molecule has 2 heterocycles. The van der Waals surface area contributed by atoms with E-state index < -0.39 is 23.2 Å². The van der Waals surface area contributed by atoms with Crippen molar-refractivity contribution in [2.24, 2.45) is 0 Å². The van der Waals surface area contributed by atoms with Crippen molar-refractivity contribution in [3.8, 4) is 11.5 Å². The molecule has 28 heavy (non-hydrogen) atoms. The molecular formula is C20H14O8. The first-order valence-corrected chi connectivity index (χ1v) is 8.09. The molecule has 0 unspecified atom stereocenters. The summed E-state index contributed by atoms with van der Waals surface area (Å²) >= 11 is 0. The smallest absolute Gasteiger partial charge is 0.344 e. The second kappa shape index (κ2) is 7.75. The van der Waals surface area contributed by atoms with Crippen LogP contribution in [0.25, 0.3) is 0 Å². The zero-order valence-corrected chi connectivity index (χ0v) is 14.9. The summed E-state index contributed by atoms with van der Waals surface area (Å²) in [4.78, 5) is 47.8. The van der Waals surface area contributed by atoms with Crippen LogP contribution in [0.5, 0.6) is 11.5 Å². The largest absolute Gasteiger partial charge is 0.428 e. The van der Waals surface area contributed by atoms with E-state index in [0.717, 1.165) is 12.1 Å². The van der Waals surface area contributed by atoms with Crippen LogP contribution in [-0.4, -0.2) is 11.9 Å². The minimum absolute atomic E-state index is 0.0155. The van der Waals surface area contributed by atoms with Crippen molar-refractivity contribution in [3.05, 3.63) is 92.0 Å². The van der Waals surface area contributed by atoms with E-state index in [1.54, 1.807) is 12.1 Å². The summed E-state index contributed by atoms with van der Waals surface area (Å²) < 4.78 is 19.9. The van der Waals surface area contributed by atoms with Crippen molar-refractivity contribution in [2.45, 2.75) is 13.8 Å². The van der Waals surface area contributed by atoms with Crippen molar-refractivity contribution in [2.75, 3.05) is 0 Å². The average Bonchev–Trinajstić information content (AvgIpc) is 2.59. The number of aryl methyl sites for hydroxylation is 2. The van der Waals surface area contributed by atoms with Crippen LogP contribution in [0.2, 0.25) is 0 Å². The van der Waals surface area contributed by atoms with Gasteiger partial charge in [-0.25, -0.2) is 19.2 Å². The normalized spacial score (nSPS) is 10.4. The average molecular weight is 382 g/mol. The summed E-state index contributed by atoms with van der Waals surface area (Å²) in [5, 5.41) is 0. The van der Waals surface area contributed by atoms with Crippen LogP contribution in [0.1, 0.15) is 32.2 Å².